The number of sulfone groups is 1. The smallest absolute Gasteiger partial charge is 0.257 e. The first-order valence-corrected chi connectivity index (χ1v) is 9.12. The highest BCUT2D eigenvalue weighted by atomic mass is 35.5. The van der Waals surface area contributed by atoms with E-state index in [1.54, 1.807) is 24.3 Å². The van der Waals surface area contributed by atoms with Crippen LogP contribution in [0.1, 0.15) is 20.7 Å². The molecule has 126 valence electrons. The Hall–Kier alpha value is -2.38. The molecule has 2 amide bonds. The van der Waals surface area contributed by atoms with Crippen LogP contribution in [0.4, 0.5) is 5.69 Å². The van der Waals surface area contributed by atoms with Gasteiger partial charge in [-0.2, -0.15) is 0 Å². The Morgan fingerprint density at radius 3 is 2.17 bits per heavy atom. The molecule has 0 heterocycles. The molecule has 0 unspecified atom stereocenters. The molecular formula is C16H15ClN2O4S. The quantitative estimate of drug-likeness (QED) is 0.868. The number of anilines is 1. The summed E-state index contributed by atoms with van der Waals surface area (Å²) in [4.78, 5) is 23.8. The molecule has 0 radical (unpaired) electrons. The summed E-state index contributed by atoms with van der Waals surface area (Å²) in [6, 6.07) is 10.2. The van der Waals surface area contributed by atoms with Crippen molar-refractivity contribution < 1.29 is 18.0 Å². The van der Waals surface area contributed by atoms with Crippen LogP contribution in [0.5, 0.6) is 0 Å². The first-order valence-electron chi connectivity index (χ1n) is 6.85. The number of rotatable bonds is 4. The summed E-state index contributed by atoms with van der Waals surface area (Å²) in [5, 5.41) is 5.25. The van der Waals surface area contributed by atoms with Crippen molar-refractivity contribution in [3.63, 3.8) is 0 Å². The average molecular weight is 367 g/mol. The summed E-state index contributed by atoms with van der Waals surface area (Å²) >= 11 is 5.98. The van der Waals surface area contributed by atoms with E-state index in [1.807, 2.05) is 0 Å². The molecule has 6 nitrogen and oxygen atoms in total. The van der Waals surface area contributed by atoms with Gasteiger partial charge in [0.25, 0.3) is 11.8 Å². The third kappa shape index (κ3) is 4.12. The van der Waals surface area contributed by atoms with Crippen LogP contribution in [0.25, 0.3) is 0 Å². The maximum absolute atomic E-state index is 12.3. The molecule has 2 aromatic carbocycles. The van der Waals surface area contributed by atoms with Crippen molar-refractivity contribution in [1.82, 2.24) is 5.32 Å². The lowest BCUT2D eigenvalue weighted by Crippen LogP contribution is -2.18. The van der Waals surface area contributed by atoms with Crippen LogP contribution >= 0.6 is 11.6 Å². The predicted octanol–water partition coefficient (Wildman–Crippen LogP) is 2.36. The molecule has 0 bridgehead atoms. The lowest BCUT2D eigenvalue weighted by Gasteiger charge is -2.09. The van der Waals surface area contributed by atoms with E-state index in [-0.39, 0.29) is 21.4 Å². The summed E-state index contributed by atoms with van der Waals surface area (Å²) < 4.78 is 23.2. The number of halogens is 1. The summed E-state index contributed by atoms with van der Waals surface area (Å²) in [7, 11) is -1.93. The Morgan fingerprint density at radius 1 is 1.00 bits per heavy atom. The van der Waals surface area contributed by atoms with Crippen LogP contribution < -0.4 is 10.6 Å². The molecule has 0 fully saturated rings. The molecule has 0 aromatic heterocycles. The van der Waals surface area contributed by atoms with Crippen LogP contribution in [0.3, 0.4) is 0 Å². The molecule has 0 aliphatic rings. The van der Waals surface area contributed by atoms with Gasteiger partial charge in [-0.05, 0) is 42.5 Å². The second-order valence-electron chi connectivity index (χ2n) is 5.02. The topological polar surface area (TPSA) is 92.3 Å². The first kappa shape index (κ1) is 18.0. The van der Waals surface area contributed by atoms with Gasteiger partial charge in [0.2, 0.25) is 0 Å². The molecule has 0 saturated carbocycles. The number of hydrogen-bond acceptors (Lipinski definition) is 4. The minimum Gasteiger partial charge on any atom is -0.355 e. The van der Waals surface area contributed by atoms with E-state index in [9.17, 15) is 18.0 Å². The van der Waals surface area contributed by atoms with Gasteiger partial charge >= 0.3 is 0 Å². The van der Waals surface area contributed by atoms with Gasteiger partial charge in [0.1, 0.15) is 0 Å². The Labute approximate surface area is 144 Å². The molecule has 24 heavy (non-hydrogen) atoms. The molecular weight excluding hydrogens is 352 g/mol. The van der Waals surface area contributed by atoms with Crippen LogP contribution in [-0.2, 0) is 9.84 Å². The number of nitrogens with one attached hydrogen (secondary N) is 2. The van der Waals surface area contributed by atoms with Gasteiger partial charge in [-0.1, -0.05) is 11.6 Å². The predicted molar refractivity (Wildman–Crippen MR) is 92.3 cm³/mol. The fraction of sp³-hybridized carbons (Fsp3) is 0.125. The monoisotopic (exact) mass is 366 g/mol. The number of benzene rings is 2. The molecule has 2 rings (SSSR count). The molecule has 0 spiro atoms. The minimum atomic E-state index is -3.45. The van der Waals surface area contributed by atoms with Crippen molar-refractivity contribution in [3.05, 3.63) is 58.6 Å². The van der Waals surface area contributed by atoms with Crippen LogP contribution in [0, 0.1) is 0 Å². The summed E-state index contributed by atoms with van der Waals surface area (Å²) in [6.07, 6.45) is 1.05. The maximum Gasteiger partial charge on any atom is 0.257 e. The van der Waals surface area contributed by atoms with Crippen molar-refractivity contribution in [1.29, 1.82) is 0 Å². The van der Waals surface area contributed by atoms with Crippen LogP contribution in [-0.4, -0.2) is 33.5 Å². The van der Waals surface area contributed by atoms with Crippen molar-refractivity contribution in [3.8, 4) is 0 Å². The Morgan fingerprint density at radius 2 is 1.62 bits per heavy atom. The Bertz CT molecular complexity index is 893. The van der Waals surface area contributed by atoms with Gasteiger partial charge in [0.15, 0.2) is 9.84 Å². The maximum atomic E-state index is 12.3. The summed E-state index contributed by atoms with van der Waals surface area (Å²) in [5.74, 6) is -0.782. The third-order valence-electron chi connectivity index (χ3n) is 3.24. The van der Waals surface area contributed by atoms with Crippen LogP contribution in [0.2, 0.25) is 5.02 Å². The fourth-order valence-corrected chi connectivity index (χ4v) is 2.81. The van der Waals surface area contributed by atoms with Gasteiger partial charge in [-0.25, -0.2) is 8.42 Å². The van der Waals surface area contributed by atoms with E-state index in [0.29, 0.717) is 11.3 Å². The number of hydrogen-bond donors (Lipinski definition) is 2. The molecule has 2 N–H and O–H groups in total. The third-order valence-corrected chi connectivity index (χ3v) is 4.68. The largest absolute Gasteiger partial charge is 0.355 e. The van der Waals surface area contributed by atoms with Crippen molar-refractivity contribution in [2.24, 2.45) is 0 Å². The van der Waals surface area contributed by atoms with Gasteiger partial charge in [-0.15, -0.1) is 0 Å². The fourth-order valence-electron chi connectivity index (χ4n) is 1.96. The summed E-state index contributed by atoms with van der Waals surface area (Å²) in [5.41, 5.74) is 0.955. The van der Waals surface area contributed by atoms with Gasteiger partial charge in [-0.3, -0.25) is 9.59 Å². The molecule has 2 aromatic rings. The number of amides is 2. The first-order chi connectivity index (χ1) is 11.2. The molecule has 0 saturated heterocycles. The van der Waals surface area contributed by atoms with E-state index in [0.717, 1.165) is 6.26 Å². The van der Waals surface area contributed by atoms with E-state index < -0.39 is 15.7 Å². The highest BCUT2D eigenvalue weighted by Gasteiger charge is 2.16. The Balaban J connectivity index is 2.25. The van der Waals surface area contributed by atoms with E-state index in [1.165, 1.54) is 25.2 Å². The normalized spacial score (nSPS) is 11.0. The minimum absolute atomic E-state index is 0.00650. The molecule has 0 atom stereocenters. The second kappa shape index (κ2) is 7.02. The molecule has 0 aliphatic heterocycles. The Kier molecular flexibility index (Phi) is 5.26. The SMILES string of the molecule is CNC(=O)c1ccc(NC(=O)c2cc(S(C)(=O)=O)ccc2Cl)cc1. The van der Waals surface area contributed by atoms with Crippen LogP contribution in [0.15, 0.2) is 47.4 Å². The zero-order chi connectivity index (χ0) is 17.9. The standard InChI is InChI=1S/C16H15ClN2O4S/c1-18-15(20)10-3-5-11(6-4-10)19-16(21)13-9-12(24(2,22)23)7-8-14(13)17/h3-9H,1-2H3,(H,18,20)(H,19,21). The number of carbonyl (C=O) groups is 2. The molecule has 0 aliphatic carbocycles. The highest BCUT2D eigenvalue weighted by Crippen LogP contribution is 2.22. The van der Waals surface area contributed by atoms with Gasteiger partial charge in [0.05, 0.1) is 15.5 Å². The van der Waals surface area contributed by atoms with Gasteiger partial charge in [0, 0.05) is 24.6 Å². The van der Waals surface area contributed by atoms with Gasteiger partial charge < -0.3 is 10.6 Å². The average Bonchev–Trinajstić information content (AvgIpc) is 2.54. The highest BCUT2D eigenvalue weighted by molar-refractivity contribution is 7.90. The zero-order valence-electron chi connectivity index (χ0n) is 13.0. The van der Waals surface area contributed by atoms with Crippen molar-refractivity contribution in [2.75, 3.05) is 18.6 Å². The van der Waals surface area contributed by atoms with Crippen molar-refractivity contribution >= 4 is 38.9 Å². The molecule has 8 heteroatoms. The lowest BCUT2D eigenvalue weighted by molar-refractivity contribution is 0.0962. The van der Waals surface area contributed by atoms with Crippen molar-refractivity contribution in [2.45, 2.75) is 4.90 Å². The van der Waals surface area contributed by atoms with E-state index in [4.69, 9.17) is 11.6 Å². The number of carbonyl (C=O) groups excluding carboxylic acids is 2. The second-order valence-corrected chi connectivity index (χ2v) is 7.45. The lowest BCUT2D eigenvalue weighted by atomic mass is 10.1. The van der Waals surface area contributed by atoms with E-state index in [2.05, 4.69) is 10.6 Å². The zero-order valence-corrected chi connectivity index (χ0v) is 14.5. The summed E-state index contributed by atoms with van der Waals surface area (Å²) in [6.45, 7) is 0. The van der Waals surface area contributed by atoms with E-state index >= 15 is 0 Å².